The van der Waals surface area contributed by atoms with Gasteiger partial charge < -0.3 is 0 Å². The molecule has 3 aromatic heterocycles. The monoisotopic (exact) mass is 413 g/mol. The molecule has 1 atom stereocenters. The summed E-state index contributed by atoms with van der Waals surface area (Å²) in [5, 5.41) is 4.86. The molecule has 0 aromatic carbocycles. The minimum atomic E-state index is -0.416. The number of carbonyl (C=O) groups is 1. The van der Waals surface area contributed by atoms with Gasteiger partial charge in [0.15, 0.2) is 5.69 Å². The van der Waals surface area contributed by atoms with Crippen LogP contribution >= 0.6 is 11.3 Å². The Bertz CT molecular complexity index is 1150. The first-order chi connectivity index (χ1) is 13.7. The molecule has 0 spiro atoms. The molecule has 3 aromatic rings. The summed E-state index contributed by atoms with van der Waals surface area (Å²) < 4.78 is 2.94. The average molecular weight is 414 g/mol. The minimum Gasteiger partial charge on any atom is -0.272 e. The van der Waals surface area contributed by atoms with Gasteiger partial charge in [0, 0.05) is 17.6 Å². The van der Waals surface area contributed by atoms with Crippen molar-refractivity contribution in [1.29, 1.82) is 0 Å². The summed E-state index contributed by atoms with van der Waals surface area (Å²) in [7, 11) is 0. The van der Waals surface area contributed by atoms with Crippen molar-refractivity contribution in [3.8, 4) is 0 Å². The number of thiophene rings is 1. The van der Waals surface area contributed by atoms with E-state index in [0.717, 1.165) is 29.7 Å². The molecule has 1 aliphatic rings. The van der Waals surface area contributed by atoms with Crippen LogP contribution in [0.25, 0.3) is 10.2 Å². The molecule has 1 amide bonds. The second kappa shape index (κ2) is 7.09. The third-order valence-electron chi connectivity index (χ3n) is 5.89. The lowest BCUT2D eigenvalue weighted by atomic mass is 9.72. The van der Waals surface area contributed by atoms with Gasteiger partial charge in [-0.05, 0) is 56.1 Å². The van der Waals surface area contributed by atoms with Crippen LogP contribution in [-0.2, 0) is 19.4 Å². The van der Waals surface area contributed by atoms with E-state index in [2.05, 4.69) is 36.3 Å². The Morgan fingerprint density at radius 2 is 2.14 bits per heavy atom. The highest BCUT2D eigenvalue weighted by Crippen LogP contribution is 2.42. The zero-order chi connectivity index (χ0) is 20.9. The first-order valence-electron chi connectivity index (χ1n) is 10.1. The maximum absolute atomic E-state index is 13.3. The van der Waals surface area contributed by atoms with Gasteiger partial charge in [-0.1, -0.05) is 20.8 Å². The lowest BCUT2D eigenvalue weighted by molar-refractivity contribution is 0.100. The number of rotatable bonds is 3. The van der Waals surface area contributed by atoms with E-state index in [1.54, 1.807) is 35.2 Å². The molecular weight excluding hydrogens is 386 g/mol. The normalized spacial score (nSPS) is 16.8. The van der Waals surface area contributed by atoms with Crippen molar-refractivity contribution >= 4 is 27.5 Å². The highest BCUT2D eigenvalue weighted by Gasteiger charge is 2.32. The van der Waals surface area contributed by atoms with Crippen molar-refractivity contribution in [3.63, 3.8) is 0 Å². The predicted molar refractivity (Wildman–Crippen MR) is 115 cm³/mol. The number of hydrogen-bond acceptors (Lipinski definition) is 5. The molecule has 0 radical (unpaired) electrons. The average Bonchev–Trinajstić information content (AvgIpc) is 3.27. The molecule has 154 valence electrons. The zero-order valence-electron chi connectivity index (χ0n) is 17.6. The van der Waals surface area contributed by atoms with Crippen molar-refractivity contribution in [2.24, 2.45) is 11.3 Å². The Morgan fingerprint density at radius 3 is 2.79 bits per heavy atom. The SMILES string of the molecule is CCn1ccc(C(=O)Nn2c(C)nc3sc4c(c3c2=O)CC[C@H](C(C)(C)C)C4)n1. The maximum atomic E-state index is 13.3. The number of aromatic nitrogens is 4. The van der Waals surface area contributed by atoms with Gasteiger partial charge >= 0.3 is 0 Å². The quantitative estimate of drug-likeness (QED) is 0.712. The van der Waals surface area contributed by atoms with Crippen molar-refractivity contribution in [2.75, 3.05) is 5.43 Å². The highest BCUT2D eigenvalue weighted by molar-refractivity contribution is 7.18. The molecule has 4 rings (SSSR count). The molecule has 7 nitrogen and oxygen atoms in total. The van der Waals surface area contributed by atoms with E-state index in [9.17, 15) is 9.59 Å². The number of nitrogens with zero attached hydrogens (tertiary/aromatic N) is 4. The first kappa shape index (κ1) is 19.8. The lowest BCUT2D eigenvalue weighted by Gasteiger charge is -2.33. The molecule has 0 fully saturated rings. The van der Waals surface area contributed by atoms with E-state index in [1.165, 1.54) is 9.55 Å². The number of aryl methyl sites for hydroxylation is 3. The fraction of sp³-hybridized carbons (Fsp3) is 0.524. The highest BCUT2D eigenvalue weighted by atomic mass is 32.1. The number of carbonyl (C=O) groups excluding carboxylic acids is 1. The van der Waals surface area contributed by atoms with Gasteiger partial charge in [-0.3, -0.25) is 19.7 Å². The zero-order valence-corrected chi connectivity index (χ0v) is 18.4. The molecule has 8 heteroatoms. The molecule has 3 heterocycles. The largest absolute Gasteiger partial charge is 0.290 e. The summed E-state index contributed by atoms with van der Waals surface area (Å²) in [6.45, 7) is 11.2. The van der Waals surface area contributed by atoms with Gasteiger partial charge in [-0.15, -0.1) is 11.3 Å². The fourth-order valence-electron chi connectivity index (χ4n) is 4.02. The predicted octanol–water partition coefficient (Wildman–Crippen LogP) is 3.52. The third-order valence-corrected chi connectivity index (χ3v) is 7.03. The van der Waals surface area contributed by atoms with Crippen LogP contribution in [0.1, 0.15) is 60.9 Å². The van der Waals surface area contributed by atoms with Gasteiger partial charge in [0.1, 0.15) is 10.7 Å². The smallest absolute Gasteiger partial charge is 0.272 e. The minimum absolute atomic E-state index is 0.206. The summed E-state index contributed by atoms with van der Waals surface area (Å²) in [6.07, 6.45) is 4.68. The van der Waals surface area contributed by atoms with Crippen LogP contribution in [0, 0.1) is 18.3 Å². The molecule has 0 unspecified atom stereocenters. The molecule has 0 aliphatic heterocycles. The van der Waals surface area contributed by atoms with Crippen molar-refractivity contribution < 1.29 is 4.79 Å². The second-order valence-electron chi connectivity index (χ2n) is 8.79. The Kier molecular flexibility index (Phi) is 4.85. The standard InChI is InChI=1S/C21H27N5O2S/c1-6-25-10-9-15(23-25)18(27)24-26-12(2)22-19-17(20(26)28)14-8-7-13(21(3,4)5)11-16(14)29-19/h9-10,13H,6-8,11H2,1-5H3,(H,24,27)/t13-/m0/s1. The van der Waals surface area contributed by atoms with Crippen LogP contribution < -0.4 is 11.0 Å². The molecule has 1 aliphatic carbocycles. The van der Waals surface area contributed by atoms with E-state index in [-0.39, 0.29) is 16.7 Å². The van der Waals surface area contributed by atoms with Crippen molar-refractivity contribution in [3.05, 3.63) is 44.6 Å². The first-order valence-corrected chi connectivity index (χ1v) is 10.9. The van der Waals surface area contributed by atoms with E-state index < -0.39 is 5.91 Å². The van der Waals surface area contributed by atoms with Crippen LogP contribution in [0.4, 0.5) is 0 Å². The Morgan fingerprint density at radius 1 is 1.38 bits per heavy atom. The van der Waals surface area contributed by atoms with Crippen molar-refractivity contribution in [1.82, 2.24) is 19.4 Å². The van der Waals surface area contributed by atoms with Crippen LogP contribution in [0.15, 0.2) is 17.1 Å². The van der Waals surface area contributed by atoms with Crippen LogP contribution in [0.2, 0.25) is 0 Å². The van der Waals surface area contributed by atoms with Gasteiger partial charge in [0.05, 0.1) is 5.39 Å². The van der Waals surface area contributed by atoms with Gasteiger partial charge in [0.25, 0.3) is 11.5 Å². The van der Waals surface area contributed by atoms with Crippen LogP contribution in [0.5, 0.6) is 0 Å². The van der Waals surface area contributed by atoms with E-state index in [1.807, 2.05) is 6.92 Å². The van der Waals surface area contributed by atoms with E-state index in [4.69, 9.17) is 0 Å². The van der Waals surface area contributed by atoms with Crippen LogP contribution in [-0.4, -0.2) is 25.3 Å². The molecule has 1 N–H and O–H groups in total. The molecule has 29 heavy (non-hydrogen) atoms. The number of nitrogens with one attached hydrogen (secondary N) is 1. The van der Waals surface area contributed by atoms with Gasteiger partial charge in [0.2, 0.25) is 0 Å². The third kappa shape index (κ3) is 3.50. The lowest BCUT2D eigenvalue weighted by Crippen LogP contribution is -2.36. The summed E-state index contributed by atoms with van der Waals surface area (Å²) in [4.78, 5) is 32.5. The van der Waals surface area contributed by atoms with Gasteiger partial charge in [-0.2, -0.15) is 5.10 Å². The Balaban J connectivity index is 1.72. The topological polar surface area (TPSA) is 81.8 Å². The van der Waals surface area contributed by atoms with Crippen LogP contribution in [0.3, 0.4) is 0 Å². The number of fused-ring (bicyclic) bond motifs is 3. The summed E-state index contributed by atoms with van der Waals surface area (Å²) in [5.74, 6) is 0.650. The molecule has 0 saturated carbocycles. The summed E-state index contributed by atoms with van der Waals surface area (Å²) in [5.41, 5.74) is 4.11. The number of hydrogen-bond donors (Lipinski definition) is 1. The van der Waals surface area contributed by atoms with Crippen molar-refractivity contribution in [2.45, 2.75) is 60.4 Å². The second-order valence-corrected chi connectivity index (χ2v) is 9.87. The molecule has 0 bridgehead atoms. The Labute approximate surface area is 173 Å². The maximum Gasteiger partial charge on any atom is 0.290 e. The summed E-state index contributed by atoms with van der Waals surface area (Å²) >= 11 is 1.63. The molecular formula is C21H27N5O2S. The Hall–Kier alpha value is -2.48. The number of amides is 1. The van der Waals surface area contributed by atoms with Gasteiger partial charge in [-0.25, -0.2) is 9.66 Å². The molecule has 0 saturated heterocycles. The summed E-state index contributed by atoms with van der Waals surface area (Å²) in [6, 6.07) is 1.64. The van der Waals surface area contributed by atoms with E-state index in [0.29, 0.717) is 23.7 Å². The van der Waals surface area contributed by atoms with E-state index >= 15 is 0 Å². The fourth-order valence-corrected chi connectivity index (χ4v) is 5.35.